The number of carbonyl (C=O) groups is 2. The Balaban J connectivity index is 2.67. The first-order valence-corrected chi connectivity index (χ1v) is 5.62. The summed E-state index contributed by atoms with van der Waals surface area (Å²) in [6.45, 7) is 0. The Hall–Kier alpha value is -1.75. The number of esters is 1. The van der Waals surface area contributed by atoms with Crippen LogP contribution in [0.3, 0.4) is 0 Å². The first-order chi connectivity index (χ1) is 8.58. The summed E-state index contributed by atoms with van der Waals surface area (Å²) in [5, 5.41) is 2.84. The average molecular weight is 253 g/mol. The average Bonchev–Trinajstić information content (AvgIpc) is 2.39. The second kappa shape index (κ2) is 6.86. The predicted octanol–water partition coefficient (Wildman–Crippen LogP) is 1.55. The third kappa shape index (κ3) is 3.92. The molecule has 0 aliphatic carbocycles. The van der Waals surface area contributed by atoms with Crippen LogP contribution < -0.4 is 5.32 Å². The van der Waals surface area contributed by atoms with Crippen molar-refractivity contribution in [3.05, 3.63) is 35.6 Å². The number of halogens is 1. The van der Waals surface area contributed by atoms with Crippen molar-refractivity contribution in [2.75, 3.05) is 14.2 Å². The van der Waals surface area contributed by atoms with Crippen molar-refractivity contribution >= 4 is 11.8 Å². The van der Waals surface area contributed by atoms with Crippen LogP contribution >= 0.6 is 0 Å². The van der Waals surface area contributed by atoms with Crippen LogP contribution in [0.15, 0.2) is 24.3 Å². The van der Waals surface area contributed by atoms with E-state index >= 15 is 0 Å². The summed E-state index contributed by atoms with van der Waals surface area (Å²) in [6.07, 6.45) is 0.508. The number of Topliss-reactive ketones (excluding diaryl/α,β-unsaturated/α-hetero) is 1. The molecule has 0 saturated carbocycles. The highest BCUT2D eigenvalue weighted by atomic mass is 19.1. The zero-order valence-corrected chi connectivity index (χ0v) is 10.4. The maximum absolute atomic E-state index is 12.7. The standard InChI is InChI=1S/C13H16FNO3/c1-15-11(7-8-12(16)18-2)13(17)9-3-5-10(14)6-4-9/h3-6,11,15H,7-8H2,1-2H3. The molecule has 4 nitrogen and oxygen atoms in total. The largest absolute Gasteiger partial charge is 0.469 e. The van der Waals surface area contributed by atoms with E-state index in [4.69, 9.17) is 0 Å². The molecule has 1 rings (SSSR count). The lowest BCUT2D eigenvalue weighted by Gasteiger charge is -2.14. The zero-order chi connectivity index (χ0) is 13.5. The normalized spacial score (nSPS) is 11.9. The van der Waals surface area contributed by atoms with Crippen LogP contribution in [0.1, 0.15) is 23.2 Å². The fraction of sp³-hybridized carbons (Fsp3) is 0.385. The van der Waals surface area contributed by atoms with E-state index < -0.39 is 6.04 Å². The summed E-state index contributed by atoms with van der Waals surface area (Å²) in [5.41, 5.74) is 0.417. The van der Waals surface area contributed by atoms with Crippen molar-refractivity contribution in [1.82, 2.24) is 5.32 Å². The maximum Gasteiger partial charge on any atom is 0.305 e. The van der Waals surface area contributed by atoms with Crippen molar-refractivity contribution in [2.45, 2.75) is 18.9 Å². The predicted molar refractivity (Wildman–Crippen MR) is 64.8 cm³/mol. The summed E-state index contributed by atoms with van der Waals surface area (Å²) < 4.78 is 17.3. The van der Waals surface area contributed by atoms with Gasteiger partial charge in [-0.25, -0.2) is 4.39 Å². The van der Waals surface area contributed by atoms with Gasteiger partial charge in [-0.1, -0.05) is 0 Å². The lowest BCUT2D eigenvalue weighted by atomic mass is 10.0. The summed E-state index contributed by atoms with van der Waals surface area (Å²) in [4.78, 5) is 23.1. The van der Waals surface area contributed by atoms with Crippen molar-refractivity contribution in [3.8, 4) is 0 Å². The van der Waals surface area contributed by atoms with Crippen LogP contribution in [0.25, 0.3) is 0 Å². The van der Waals surface area contributed by atoms with Gasteiger partial charge in [0.2, 0.25) is 0 Å². The van der Waals surface area contributed by atoms with Crippen LogP contribution in [0.4, 0.5) is 4.39 Å². The number of ketones is 1. The number of nitrogens with one attached hydrogen (secondary N) is 1. The van der Waals surface area contributed by atoms with Crippen molar-refractivity contribution in [1.29, 1.82) is 0 Å². The number of carbonyl (C=O) groups excluding carboxylic acids is 2. The minimum atomic E-state index is -0.477. The number of rotatable bonds is 6. The van der Waals surface area contributed by atoms with Crippen molar-refractivity contribution in [2.24, 2.45) is 0 Å². The fourth-order valence-electron chi connectivity index (χ4n) is 1.59. The summed E-state index contributed by atoms with van der Waals surface area (Å²) >= 11 is 0. The summed E-state index contributed by atoms with van der Waals surface area (Å²) in [6, 6.07) is 4.86. The fourth-order valence-corrected chi connectivity index (χ4v) is 1.59. The van der Waals surface area contributed by atoms with Crippen molar-refractivity contribution in [3.63, 3.8) is 0 Å². The SMILES string of the molecule is CNC(CCC(=O)OC)C(=O)c1ccc(F)cc1. The Morgan fingerprint density at radius 1 is 1.33 bits per heavy atom. The lowest BCUT2D eigenvalue weighted by Crippen LogP contribution is -2.34. The third-order valence-corrected chi connectivity index (χ3v) is 2.66. The van der Waals surface area contributed by atoms with Gasteiger partial charge < -0.3 is 10.1 Å². The monoisotopic (exact) mass is 253 g/mol. The molecule has 0 saturated heterocycles. The molecule has 1 unspecified atom stereocenters. The smallest absolute Gasteiger partial charge is 0.305 e. The molecule has 0 amide bonds. The van der Waals surface area contributed by atoms with Crippen LogP contribution in [-0.2, 0) is 9.53 Å². The molecule has 0 radical (unpaired) electrons. The molecule has 0 heterocycles. The molecule has 0 aliphatic rings. The molecular weight excluding hydrogens is 237 g/mol. The molecule has 18 heavy (non-hydrogen) atoms. The van der Waals surface area contributed by atoms with E-state index in [-0.39, 0.29) is 24.0 Å². The zero-order valence-electron chi connectivity index (χ0n) is 10.4. The molecule has 1 atom stereocenters. The van der Waals surface area contributed by atoms with Gasteiger partial charge in [-0.05, 0) is 37.7 Å². The Bertz CT molecular complexity index is 417. The number of ether oxygens (including phenoxy) is 1. The number of likely N-dealkylation sites (N-methyl/N-ethyl adjacent to an activating group) is 1. The minimum absolute atomic E-state index is 0.162. The van der Waals surface area contributed by atoms with Gasteiger partial charge in [0.25, 0.3) is 0 Å². The van der Waals surface area contributed by atoms with Crippen molar-refractivity contribution < 1.29 is 18.7 Å². The first-order valence-electron chi connectivity index (χ1n) is 5.62. The lowest BCUT2D eigenvalue weighted by molar-refractivity contribution is -0.140. The molecule has 98 valence electrons. The van der Waals surface area contributed by atoms with Crippen LogP contribution in [0.2, 0.25) is 0 Å². The third-order valence-electron chi connectivity index (χ3n) is 2.66. The number of hydrogen-bond donors (Lipinski definition) is 1. The quantitative estimate of drug-likeness (QED) is 0.617. The van der Waals surface area contributed by atoms with E-state index in [1.807, 2.05) is 0 Å². The van der Waals surface area contributed by atoms with Crippen LogP contribution in [-0.4, -0.2) is 32.0 Å². The second-order valence-corrected chi connectivity index (χ2v) is 3.83. The molecule has 5 heteroatoms. The molecule has 0 spiro atoms. The molecule has 0 aromatic heterocycles. The summed E-state index contributed by atoms with van der Waals surface area (Å²) in [5.74, 6) is -0.911. The Kier molecular flexibility index (Phi) is 5.45. The molecular formula is C13H16FNO3. The van der Waals surface area contributed by atoms with E-state index in [2.05, 4.69) is 10.1 Å². The van der Waals surface area contributed by atoms with E-state index in [1.54, 1.807) is 7.05 Å². The number of benzene rings is 1. The molecule has 0 bridgehead atoms. The molecule has 1 N–H and O–H groups in total. The van der Waals surface area contributed by atoms with Gasteiger partial charge in [-0.15, -0.1) is 0 Å². The topological polar surface area (TPSA) is 55.4 Å². The molecule has 1 aromatic rings. The Labute approximate surface area is 105 Å². The maximum atomic E-state index is 12.7. The van der Waals surface area contributed by atoms with Gasteiger partial charge in [0.15, 0.2) is 5.78 Å². The van der Waals surface area contributed by atoms with E-state index in [0.717, 1.165) is 0 Å². The highest BCUT2D eigenvalue weighted by Crippen LogP contribution is 2.09. The summed E-state index contributed by atoms with van der Waals surface area (Å²) in [7, 11) is 2.95. The highest BCUT2D eigenvalue weighted by molar-refractivity contribution is 6.00. The van der Waals surface area contributed by atoms with Crippen LogP contribution in [0, 0.1) is 5.82 Å². The van der Waals surface area contributed by atoms with Gasteiger partial charge in [-0.3, -0.25) is 9.59 Å². The minimum Gasteiger partial charge on any atom is -0.469 e. The van der Waals surface area contributed by atoms with Gasteiger partial charge in [0.05, 0.1) is 13.2 Å². The van der Waals surface area contributed by atoms with E-state index in [1.165, 1.54) is 31.4 Å². The number of hydrogen-bond acceptors (Lipinski definition) is 4. The van der Waals surface area contributed by atoms with E-state index in [0.29, 0.717) is 12.0 Å². The number of methoxy groups -OCH3 is 1. The first kappa shape index (κ1) is 14.3. The molecule has 1 aromatic carbocycles. The molecule has 0 fully saturated rings. The molecule has 0 aliphatic heterocycles. The van der Waals surface area contributed by atoms with Gasteiger partial charge in [0, 0.05) is 12.0 Å². The Morgan fingerprint density at radius 2 is 1.94 bits per heavy atom. The van der Waals surface area contributed by atoms with Gasteiger partial charge in [0.1, 0.15) is 5.82 Å². The van der Waals surface area contributed by atoms with Gasteiger partial charge >= 0.3 is 5.97 Å². The Morgan fingerprint density at radius 3 is 2.44 bits per heavy atom. The highest BCUT2D eigenvalue weighted by Gasteiger charge is 2.19. The van der Waals surface area contributed by atoms with Gasteiger partial charge in [-0.2, -0.15) is 0 Å². The van der Waals surface area contributed by atoms with E-state index in [9.17, 15) is 14.0 Å². The van der Waals surface area contributed by atoms with Crippen LogP contribution in [0.5, 0.6) is 0 Å². The second-order valence-electron chi connectivity index (χ2n) is 3.83.